The van der Waals surface area contributed by atoms with E-state index in [9.17, 15) is 4.79 Å². The van der Waals surface area contributed by atoms with Crippen molar-refractivity contribution in [2.24, 2.45) is 5.41 Å². The summed E-state index contributed by atoms with van der Waals surface area (Å²) in [6.07, 6.45) is 3.26. The van der Waals surface area contributed by atoms with Crippen molar-refractivity contribution in [3.63, 3.8) is 0 Å². The van der Waals surface area contributed by atoms with Crippen LogP contribution in [0.2, 0.25) is 0 Å². The largest absolute Gasteiger partial charge is 0.375 e. The van der Waals surface area contributed by atoms with Crippen molar-refractivity contribution in [1.82, 2.24) is 0 Å². The molecule has 1 fully saturated rings. The van der Waals surface area contributed by atoms with Crippen molar-refractivity contribution < 1.29 is 9.53 Å². The van der Waals surface area contributed by atoms with Gasteiger partial charge in [0.15, 0.2) is 0 Å². The molecular formula is C11H20O2. The number of rotatable bonds is 2. The molecule has 0 unspecified atom stereocenters. The topological polar surface area (TPSA) is 26.3 Å². The fourth-order valence-electron chi connectivity index (χ4n) is 1.55. The van der Waals surface area contributed by atoms with E-state index in [0.29, 0.717) is 18.3 Å². The van der Waals surface area contributed by atoms with Gasteiger partial charge in [0.25, 0.3) is 0 Å². The molecule has 76 valence electrons. The summed E-state index contributed by atoms with van der Waals surface area (Å²) in [5.74, 6) is 0.312. The minimum Gasteiger partial charge on any atom is -0.375 e. The summed E-state index contributed by atoms with van der Waals surface area (Å²) in [4.78, 5) is 11.6. The van der Waals surface area contributed by atoms with Gasteiger partial charge in [0.2, 0.25) is 0 Å². The summed E-state index contributed by atoms with van der Waals surface area (Å²) in [6, 6.07) is 0. The molecule has 1 saturated heterocycles. The summed E-state index contributed by atoms with van der Waals surface area (Å²) in [5, 5.41) is 0. The number of Topliss-reactive ketones (excluding diaryl/α,β-unsaturated/α-hetero) is 1. The van der Waals surface area contributed by atoms with Crippen molar-refractivity contribution >= 4 is 5.78 Å². The molecule has 1 rings (SSSR count). The molecule has 0 aliphatic carbocycles. The minimum atomic E-state index is -0.213. The second-order valence-electron chi connectivity index (χ2n) is 5.02. The van der Waals surface area contributed by atoms with Crippen molar-refractivity contribution in [3.8, 4) is 0 Å². The third kappa shape index (κ3) is 3.11. The second-order valence-corrected chi connectivity index (χ2v) is 5.02. The average molecular weight is 184 g/mol. The Kier molecular flexibility index (Phi) is 3.12. The number of carbonyl (C=O) groups is 1. The first-order valence-corrected chi connectivity index (χ1v) is 5.08. The predicted octanol–water partition coefficient (Wildman–Crippen LogP) is 2.56. The molecule has 0 aromatic rings. The van der Waals surface area contributed by atoms with Crippen LogP contribution in [0.3, 0.4) is 0 Å². The first kappa shape index (κ1) is 10.7. The van der Waals surface area contributed by atoms with Crippen LogP contribution in [-0.2, 0) is 9.53 Å². The van der Waals surface area contributed by atoms with E-state index in [1.807, 2.05) is 20.8 Å². The van der Waals surface area contributed by atoms with Crippen LogP contribution in [0.15, 0.2) is 0 Å². The number of ether oxygens (including phenoxy) is 1. The first-order valence-electron chi connectivity index (χ1n) is 5.08. The van der Waals surface area contributed by atoms with Crippen molar-refractivity contribution in [3.05, 3.63) is 0 Å². The highest BCUT2D eigenvalue weighted by atomic mass is 16.5. The van der Waals surface area contributed by atoms with Crippen LogP contribution >= 0.6 is 0 Å². The zero-order valence-corrected chi connectivity index (χ0v) is 9.09. The van der Waals surface area contributed by atoms with Crippen LogP contribution in [0.1, 0.15) is 47.0 Å². The third-order valence-corrected chi connectivity index (χ3v) is 2.57. The van der Waals surface area contributed by atoms with Crippen LogP contribution in [0, 0.1) is 5.41 Å². The zero-order valence-electron chi connectivity index (χ0n) is 9.09. The van der Waals surface area contributed by atoms with Crippen molar-refractivity contribution in [1.29, 1.82) is 0 Å². The molecule has 2 heteroatoms. The van der Waals surface area contributed by atoms with Crippen LogP contribution in [0.4, 0.5) is 0 Å². The number of hydrogen-bond donors (Lipinski definition) is 0. The van der Waals surface area contributed by atoms with E-state index < -0.39 is 0 Å². The molecule has 0 spiro atoms. The fraction of sp³-hybridized carbons (Fsp3) is 0.909. The third-order valence-electron chi connectivity index (χ3n) is 2.57. The average Bonchev–Trinajstić information content (AvgIpc) is 2.33. The molecule has 1 aliphatic rings. The second kappa shape index (κ2) is 3.79. The van der Waals surface area contributed by atoms with Gasteiger partial charge in [0, 0.05) is 11.8 Å². The molecule has 1 aliphatic heterocycles. The van der Waals surface area contributed by atoms with Gasteiger partial charge in [0.1, 0.15) is 5.78 Å². The van der Waals surface area contributed by atoms with E-state index >= 15 is 0 Å². The summed E-state index contributed by atoms with van der Waals surface area (Å²) in [6.45, 7) is 7.97. The van der Waals surface area contributed by atoms with Gasteiger partial charge in [-0.25, -0.2) is 0 Å². The van der Waals surface area contributed by atoms with Gasteiger partial charge < -0.3 is 4.74 Å². The van der Waals surface area contributed by atoms with E-state index in [4.69, 9.17) is 4.74 Å². The minimum absolute atomic E-state index is 0.182. The van der Waals surface area contributed by atoms with E-state index in [1.165, 1.54) is 0 Å². The fourth-order valence-corrected chi connectivity index (χ4v) is 1.55. The summed E-state index contributed by atoms with van der Waals surface area (Å²) in [7, 11) is 0. The lowest BCUT2D eigenvalue weighted by atomic mass is 9.87. The highest BCUT2D eigenvalue weighted by Crippen LogP contribution is 2.25. The summed E-state index contributed by atoms with van der Waals surface area (Å²) < 4.78 is 5.61. The van der Waals surface area contributed by atoms with Crippen LogP contribution in [0.5, 0.6) is 0 Å². The van der Waals surface area contributed by atoms with Crippen LogP contribution < -0.4 is 0 Å². The molecule has 1 heterocycles. The SMILES string of the molecule is C[C@H]1CC[C@@H](CC(=O)C(C)(C)C)O1. The molecule has 0 radical (unpaired) electrons. The van der Waals surface area contributed by atoms with Gasteiger partial charge >= 0.3 is 0 Å². The maximum atomic E-state index is 11.6. The van der Waals surface area contributed by atoms with Gasteiger partial charge in [-0.15, -0.1) is 0 Å². The summed E-state index contributed by atoms with van der Waals surface area (Å²) >= 11 is 0. The maximum Gasteiger partial charge on any atom is 0.140 e. The number of carbonyl (C=O) groups excluding carboxylic acids is 1. The molecule has 13 heavy (non-hydrogen) atoms. The van der Waals surface area contributed by atoms with E-state index in [2.05, 4.69) is 6.92 Å². The Morgan fingerprint density at radius 2 is 2.00 bits per heavy atom. The molecule has 0 bridgehead atoms. The lowest BCUT2D eigenvalue weighted by molar-refractivity contribution is -0.128. The molecule has 0 aromatic heterocycles. The van der Waals surface area contributed by atoms with E-state index in [1.54, 1.807) is 0 Å². The van der Waals surface area contributed by atoms with Gasteiger partial charge in [-0.2, -0.15) is 0 Å². The Morgan fingerprint density at radius 1 is 1.38 bits per heavy atom. The molecule has 0 aromatic carbocycles. The Morgan fingerprint density at radius 3 is 2.38 bits per heavy atom. The monoisotopic (exact) mass is 184 g/mol. The van der Waals surface area contributed by atoms with Gasteiger partial charge in [0.05, 0.1) is 12.2 Å². The Labute approximate surface area is 80.7 Å². The zero-order chi connectivity index (χ0) is 10.1. The van der Waals surface area contributed by atoms with Gasteiger partial charge in [-0.3, -0.25) is 4.79 Å². The summed E-state index contributed by atoms with van der Waals surface area (Å²) in [5.41, 5.74) is -0.213. The Balaban J connectivity index is 2.37. The smallest absolute Gasteiger partial charge is 0.140 e. The Bertz CT molecular complexity index is 191. The highest BCUT2D eigenvalue weighted by molar-refractivity contribution is 5.84. The van der Waals surface area contributed by atoms with Crippen LogP contribution in [-0.4, -0.2) is 18.0 Å². The predicted molar refractivity (Wildman–Crippen MR) is 52.6 cm³/mol. The number of hydrogen-bond acceptors (Lipinski definition) is 2. The molecule has 2 nitrogen and oxygen atoms in total. The van der Waals surface area contributed by atoms with Crippen molar-refractivity contribution in [2.45, 2.75) is 59.2 Å². The first-order chi connectivity index (χ1) is 5.89. The van der Waals surface area contributed by atoms with Crippen molar-refractivity contribution in [2.75, 3.05) is 0 Å². The normalized spacial score (nSPS) is 29.2. The van der Waals surface area contributed by atoms with E-state index in [0.717, 1.165) is 12.8 Å². The molecule has 0 amide bonds. The van der Waals surface area contributed by atoms with Crippen LogP contribution in [0.25, 0.3) is 0 Å². The van der Waals surface area contributed by atoms with E-state index in [-0.39, 0.29) is 11.5 Å². The lowest BCUT2D eigenvalue weighted by Crippen LogP contribution is -2.25. The lowest BCUT2D eigenvalue weighted by Gasteiger charge is -2.19. The highest BCUT2D eigenvalue weighted by Gasteiger charge is 2.28. The molecular weight excluding hydrogens is 164 g/mol. The number of ketones is 1. The Hall–Kier alpha value is -0.370. The molecule has 2 atom stereocenters. The quantitative estimate of drug-likeness (QED) is 0.659. The molecule has 0 N–H and O–H groups in total. The molecule has 0 saturated carbocycles. The van der Waals surface area contributed by atoms with Gasteiger partial charge in [-0.05, 0) is 19.8 Å². The maximum absolute atomic E-state index is 11.6. The van der Waals surface area contributed by atoms with Gasteiger partial charge in [-0.1, -0.05) is 20.8 Å². The standard InChI is InChI=1S/C11H20O2/c1-8-5-6-9(13-8)7-10(12)11(2,3)4/h8-9H,5-7H2,1-4H3/t8-,9-/m0/s1.